The molecule has 5 rings (SSSR count). The Labute approximate surface area is 168 Å². The van der Waals surface area contributed by atoms with Gasteiger partial charge in [-0.15, -0.1) is 0 Å². The van der Waals surface area contributed by atoms with Crippen molar-refractivity contribution in [2.24, 2.45) is 0 Å². The Bertz CT molecular complexity index is 1130. The minimum atomic E-state index is -1.14. The molecule has 6 heteroatoms. The monoisotopic (exact) mass is 385 g/mol. The maximum absolute atomic E-state index is 13.3. The molecule has 144 valence electrons. The first-order valence-electron chi connectivity index (χ1n) is 9.30. The zero-order valence-corrected chi connectivity index (χ0v) is 15.8. The zero-order valence-electron chi connectivity index (χ0n) is 15.8. The largest absolute Gasteiger partial charge is 0.454 e. The third-order valence-electron chi connectivity index (χ3n) is 5.48. The lowest BCUT2D eigenvalue weighted by Gasteiger charge is -2.28. The molecule has 29 heavy (non-hydrogen) atoms. The van der Waals surface area contributed by atoms with E-state index in [4.69, 9.17) is 14.9 Å². The first-order chi connectivity index (χ1) is 14.1. The highest BCUT2D eigenvalue weighted by Gasteiger charge is 2.51. The van der Waals surface area contributed by atoms with Crippen LogP contribution in [0.3, 0.4) is 0 Å². The molecule has 0 radical (unpaired) electrons. The fraction of sp³-hybridized carbons (Fsp3) is 0.130. The van der Waals surface area contributed by atoms with Crippen molar-refractivity contribution >= 4 is 11.9 Å². The summed E-state index contributed by atoms with van der Waals surface area (Å²) in [6.07, 6.45) is 0. The van der Waals surface area contributed by atoms with E-state index in [0.29, 0.717) is 5.75 Å². The average Bonchev–Trinajstić information content (AvgIpc) is 3.33. The van der Waals surface area contributed by atoms with Crippen LogP contribution in [0.25, 0.3) is 11.1 Å². The second-order valence-corrected chi connectivity index (χ2v) is 7.10. The molecule has 6 nitrogen and oxygen atoms in total. The summed E-state index contributed by atoms with van der Waals surface area (Å²) in [6.45, 7) is 0.225. The number of nitrogens with zero attached hydrogens (tertiary/aromatic N) is 1. The molecule has 0 bridgehead atoms. The van der Waals surface area contributed by atoms with Gasteiger partial charge in [0.25, 0.3) is 5.91 Å². The first kappa shape index (κ1) is 17.3. The van der Waals surface area contributed by atoms with E-state index in [1.807, 2.05) is 72.8 Å². The number of carbonyl (C=O) groups excluding carboxylic acids is 1. The molecule has 0 saturated carbocycles. The van der Waals surface area contributed by atoms with Gasteiger partial charge in [-0.2, -0.15) is 0 Å². The highest BCUT2D eigenvalue weighted by molar-refractivity contribution is 6.10. The smallest absolute Gasteiger partial charge is 0.264 e. The van der Waals surface area contributed by atoms with Gasteiger partial charge in [0.05, 0.1) is 0 Å². The number of ether oxygens (including phenoxy) is 2. The minimum Gasteiger partial charge on any atom is -0.454 e. The number of hydrogen-bond acceptors (Lipinski definition) is 4. The summed E-state index contributed by atoms with van der Waals surface area (Å²) in [5.41, 5.74) is 2.35. The van der Waals surface area contributed by atoms with E-state index in [-0.39, 0.29) is 18.7 Å². The predicted octanol–water partition coefficient (Wildman–Crippen LogP) is 3.32. The predicted molar refractivity (Wildman–Crippen MR) is 109 cm³/mol. The van der Waals surface area contributed by atoms with E-state index < -0.39 is 5.54 Å². The van der Waals surface area contributed by atoms with Crippen LogP contribution in [0.4, 0.5) is 0 Å². The third-order valence-corrected chi connectivity index (χ3v) is 5.48. The van der Waals surface area contributed by atoms with Crippen LogP contribution < -0.4 is 14.8 Å². The zero-order chi connectivity index (χ0) is 20.0. The van der Waals surface area contributed by atoms with E-state index in [2.05, 4.69) is 5.32 Å². The van der Waals surface area contributed by atoms with Crippen molar-refractivity contribution in [3.05, 3.63) is 83.9 Å². The molecular formula is C23H19N3O3. The number of rotatable bonds is 3. The van der Waals surface area contributed by atoms with Crippen LogP contribution >= 0.6 is 0 Å². The van der Waals surface area contributed by atoms with Gasteiger partial charge in [0.2, 0.25) is 6.79 Å². The van der Waals surface area contributed by atoms with Crippen molar-refractivity contribution in [2.45, 2.75) is 5.54 Å². The molecule has 3 aromatic carbocycles. The minimum absolute atomic E-state index is 0.0762. The van der Waals surface area contributed by atoms with Crippen LogP contribution in [0.1, 0.15) is 11.1 Å². The summed E-state index contributed by atoms with van der Waals surface area (Å²) >= 11 is 0. The highest BCUT2D eigenvalue weighted by atomic mass is 16.7. The van der Waals surface area contributed by atoms with Gasteiger partial charge in [0.1, 0.15) is 0 Å². The Morgan fingerprint density at radius 1 is 0.897 bits per heavy atom. The molecule has 2 N–H and O–H groups in total. The molecule has 2 aliphatic rings. The summed E-state index contributed by atoms with van der Waals surface area (Å²) in [6, 6.07) is 23.2. The van der Waals surface area contributed by atoms with E-state index in [0.717, 1.165) is 28.0 Å². The van der Waals surface area contributed by atoms with Crippen molar-refractivity contribution in [1.29, 1.82) is 5.41 Å². The topological polar surface area (TPSA) is 74.7 Å². The first-order valence-corrected chi connectivity index (χ1v) is 9.30. The molecule has 3 aromatic rings. The normalized spacial score (nSPS) is 20.1. The number of nitrogens with one attached hydrogen (secondary N) is 2. The average molecular weight is 385 g/mol. The summed E-state index contributed by atoms with van der Waals surface area (Å²) in [4.78, 5) is 14.7. The second-order valence-electron chi connectivity index (χ2n) is 7.10. The van der Waals surface area contributed by atoms with Gasteiger partial charge >= 0.3 is 0 Å². The van der Waals surface area contributed by atoms with Gasteiger partial charge in [0.15, 0.2) is 23.0 Å². The van der Waals surface area contributed by atoms with Gasteiger partial charge in [-0.1, -0.05) is 54.6 Å². The Kier molecular flexibility index (Phi) is 3.81. The number of benzene rings is 3. The van der Waals surface area contributed by atoms with Crippen molar-refractivity contribution in [3.63, 3.8) is 0 Å². The summed E-state index contributed by atoms with van der Waals surface area (Å²) < 4.78 is 10.9. The van der Waals surface area contributed by atoms with Crippen molar-refractivity contribution in [1.82, 2.24) is 10.2 Å². The Hall–Kier alpha value is -3.80. The fourth-order valence-electron chi connectivity index (χ4n) is 3.92. The van der Waals surface area contributed by atoms with E-state index in [9.17, 15) is 4.79 Å². The van der Waals surface area contributed by atoms with Crippen molar-refractivity contribution in [2.75, 3.05) is 13.8 Å². The van der Waals surface area contributed by atoms with Gasteiger partial charge in [0, 0.05) is 7.05 Å². The van der Waals surface area contributed by atoms with Gasteiger partial charge < -0.3 is 14.8 Å². The molecule has 0 spiro atoms. The number of carbonyl (C=O) groups is 1. The SMILES string of the molecule is CN1C(=N)NC(c2ccccc2)(c2cccc(-c3ccc4c(c3)OCO4)c2)C1=O. The molecule has 2 heterocycles. The molecule has 1 atom stereocenters. The quantitative estimate of drug-likeness (QED) is 0.725. The highest BCUT2D eigenvalue weighted by Crippen LogP contribution is 2.39. The fourth-order valence-corrected chi connectivity index (χ4v) is 3.92. The molecule has 0 aliphatic carbocycles. The second kappa shape index (κ2) is 6.38. The number of hydrogen-bond donors (Lipinski definition) is 2. The van der Waals surface area contributed by atoms with Crippen LogP contribution in [0, 0.1) is 5.41 Å². The molecule has 1 amide bonds. The van der Waals surface area contributed by atoms with E-state index in [1.54, 1.807) is 7.05 Å². The number of likely N-dealkylation sites (N-methyl/N-ethyl adjacent to an activating group) is 1. The van der Waals surface area contributed by atoms with Crippen LogP contribution in [0.15, 0.2) is 72.8 Å². The van der Waals surface area contributed by atoms with Crippen LogP contribution in [-0.2, 0) is 10.3 Å². The number of guanidine groups is 1. The standard InChI is InChI=1S/C23H19N3O3/c1-26-21(27)23(25-22(26)24,17-7-3-2-4-8-17)18-9-5-6-15(12-18)16-10-11-19-20(13-16)29-14-28-19/h2-13H,14H2,1H3,(H2,24,25). The van der Waals surface area contributed by atoms with Gasteiger partial charge in [-0.3, -0.25) is 15.1 Å². The number of amides is 1. The molecule has 2 aliphatic heterocycles. The Morgan fingerprint density at radius 3 is 2.38 bits per heavy atom. The molecule has 1 unspecified atom stereocenters. The number of fused-ring (bicyclic) bond motifs is 1. The summed E-state index contributed by atoms with van der Waals surface area (Å²) in [5, 5.41) is 11.3. The van der Waals surface area contributed by atoms with Crippen molar-refractivity contribution < 1.29 is 14.3 Å². The molecule has 1 fully saturated rings. The Balaban J connectivity index is 1.66. The summed E-state index contributed by atoms with van der Waals surface area (Å²) in [5.74, 6) is 1.33. The van der Waals surface area contributed by atoms with E-state index in [1.165, 1.54) is 4.90 Å². The maximum atomic E-state index is 13.3. The molecule has 1 saturated heterocycles. The Morgan fingerprint density at radius 2 is 1.62 bits per heavy atom. The lowest BCUT2D eigenvalue weighted by Crippen LogP contribution is -2.45. The van der Waals surface area contributed by atoms with Crippen LogP contribution in [-0.4, -0.2) is 30.6 Å². The molecule has 0 aromatic heterocycles. The van der Waals surface area contributed by atoms with Crippen molar-refractivity contribution in [3.8, 4) is 22.6 Å². The van der Waals surface area contributed by atoms with Crippen LogP contribution in [0.2, 0.25) is 0 Å². The lowest BCUT2D eigenvalue weighted by molar-refractivity contribution is -0.129. The maximum Gasteiger partial charge on any atom is 0.264 e. The third kappa shape index (κ3) is 2.56. The lowest BCUT2D eigenvalue weighted by atomic mass is 9.81. The van der Waals surface area contributed by atoms with E-state index >= 15 is 0 Å². The van der Waals surface area contributed by atoms with Gasteiger partial charge in [-0.25, -0.2) is 0 Å². The molecular weight excluding hydrogens is 366 g/mol. The summed E-state index contributed by atoms with van der Waals surface area (Å²) in [7, 11) is 1.62. The van der Waals surface area contributed by atoms with Gasteiger partial charge in [-0.05, 0) is 40.5 Å². The van der Waals surface area contributed by atoms with Crippen LogP contribution in [0.5, 0.6) is 11.5 Å².